The number of halogens is 1. The van der Waals surface area contributed by atoms with Crippen LogP contribution < -0.4 is 19.9 Å². The first-order valence-electron chi connectivity index (χ1n) is 5.85. The molecule has 1 fully saturated rings. The minimum absolute atomic E-state index is 0.330. The highest BCUT2D eigenvalue weighted by Crippen LogP contribution is 2.52. The predicted octanol–water partition coefficient (Wildman–Crippen LogP) is 2.81. The molecule has 1 aromatic rings. The molecule has 1 aliphatic carbocycles. The van der Waals surface area contributed by atoms with Crippen LogP contribution in [0.4, 0.5) is 0 Å². The van der Waals surface area contributed by atoms with Crippen LogP contribution in [-0.4, -0.2) is 21.3 Å². The number of benzene rings is 1. The second-order valence-electron chi connectivity index (χ2n) is 4.51. The Morgan fingerprint density at radius 3 is 2.11 bits per heavy atom. The molecule has 0 aromatic heterocycles. The first kappa shape index (κ1) is 13.5. The van der Waals surface area contributed by atoms with Crippen molar-refractivity contribution in [1.82, 2.24) is 0 Å². The standard InChI is InChI=1S/C13H18BrNO3/c1-16-9-7-8(14)10(13(15)5-4-6-13)12(18-3)11(9)17-2/h7H,4-6,15H2,1-3H3. The average Bonchev–Trinajstić information content (AvgIpc) is 2.34. The smallest absolute Gasteiger partial charge is 0.203 e. The lowest BCUT2D eigenvalue weighted by molar-refractivity contribution is 0.237. The first-order chi connectivity index (χ1) is 8.57. The van der Waals surface area contributed by atoms with Crippen molar-refractivity contribution in [2.75, 3.05) is 21.3 Å². The van der Waals surface area contributed by atoms with E-state index in [1.165, 1.54) is 0 Å². The molecule has 1 aliphatic rings. The molecule has 0 unspecified atom stereocenters. The zero-order chi connectivity index (χ0) is 13.3. The highest BCUT2D eigenvalue weighted by atomic mass is 79.9. The zero-order valence-corrected chi connectivity index (χ0v) is 12.5. The molecule has 0 bridgehead atoms. The van der Waals surface area contributed by atoms with Crippen molar-refractivity contribution in [3.63, 3.8) is 0 Å². The van der Waals surface area contributed by atoms with Gasteiger partial charge in [-0.25, -0.2) is 0 Å². The van der Waals surface area contributed by atoms with Gasteiger partial charge in [0.1, 0.15) is 0 Å². The summed E-state index contributed by atoms with van der Waals surface area (Å²) in [5, 5.41) is 0. The van der Waals surface area contributed by atoms with E-state index in [0.717, 1.165) is 29.3 Å². The van der Waals surface area contributed by atoms with E-state index in [9.17, 15) is 0 Å². The summed E-state index contributed by atoms with van der Waals surface area (Å²) in [5.41, 5.74) is 7.05. The van der Waals surface area contributed by atoms with E-state index in [2.05, 4.69) is 15.9 Å². The summed E-state index contributed by atoms with van der Waals surface area (Å²) in [4.78, 5) is 0. The molecule has 2 rings (SSSR count). The molecule has 0 aliphatic heterocycles. The van der Waals surface area contributed by atoms with Crippen LogP contribution >= 0.6 is 15.9 Å². The summed E-state index contributed by atoms with van der Waals surface area (Å²) in [6, 6.07) is 1.88. The lowest BCUT2D eigenvalue weighted by Gasteiger charge is -2.40. The van der Waals surface area contributed by atoms with Gasteiger partial charge in [-0.15, -0.1) is 0 Å². The topological polar surface area (TPSA) is 53.7 Å². The molecule has 1 saturated carbocycles. The molecule has 0 heterocycles. The Hall–Kier alpha value is -0.940. The van der Waals surface area contributed by atoms with E-state index < -0.39 is 0 Å². The van der Waals surface area contributed by atoms with E-state index in [-0.39, 0.29) is 5.54 Å². The van der Waals surface area contributed by atoms with Crippen LogP contribution in [0.2, 0.25) is 0 Å². The molecule has 100 valence electrons. The fourth-order valence-electron chi connectivity index (χ4n) is 2.40. The van der Waals surface area contributed by atoms with Gasteiger partial charge in [0.25, 0.3) is 0 Å². The monoisotopic (exact) mass is 315 g/mol. The Labute approximate surface area is 116 Å². The molecular formula is C13H18BrNO3. The number of rotatable bonds is 4. The Balaban J connectivity index is 2.64. The fourth-order valence-corrected chi connectivity index (χ4v) is 3.18. The van der Waals surface area contributed by atoms with Gasteiger partial charge >= 0.3 is 0 Å². The summed E-state index contributed by atoms with van der Waals surface area (Å²) in [6.45, 7) is 0. The minimum atomic E-state index is -0.330. The second kappa shape index (κ2) is 4.97. The lowest BCUT2D eigenvalue weighted by atomic mass is 9.72. The van der Waals surface area contributed by atoms with Gasteiger partial charge in [0, 0.05) is 15.6 Å². The van der Waals surface area contributed by atoms with Crippen molar-refractivity contribution in [2.45, 2.75) is 24.8 Å². The first-order valence-corrected chi connectivity index (χ1v) is 6.64. The third-order valence-corrected chi connectivity index (χ3v) is 4.15. The van der Waals surface area contributed by atoms with Crippen molar-refractivity contribution >= 4 is 15.9 Å². The number of hydrogen-bond donors (Lipinski definition) is 1. The quantitative estimate of drug-likeness (QED) is 0.928. The lowest BCUT2D eigenvalue weighted by Crippen LogP contribution is -2.43. The normalized spacial score (nSPS) is 16.9. The molecule has 0 radical (unpaired) electrons. The molecule has 18 heavy (non-hydrogen) atoms. The molecule has 0 amide bonds. The van der Waals surface area contributed by atoms with Gasteiger partial charge in [-0.1, -0.05) is 15.9 Å². The fraction of sp³-hybridized carbons (Fsp3) is 0.538. The van der Waals surface area contributed by atoms with Crippen molar-refractivity contribution in [3.05, 3.63) is 16.1 Å². The van der Waals surface area contributed by atoms with Gasteiger partial charge < -0.3 is 19.9 Å². The van der Waals surface area contributed by atoms with Crippen molar-refractivity contribution in [2.24, 2.45) is 5.73 Å². The van der Waals surface area contributed by atoms with Crippen LogP contribution in [0.5, 0.6) is 17.2 Å². The van der Waals surface area contributed by atoms with Crippen molar-refractivity contribution in [3.8, 4) is 17.2 Å². The minimum Gasteiger partial charge on any atom is -0.493 e. The van der Waals surface area contributed by atoms with Gasteiger partial charge in [0.05, 0.1) is 21.3 Å². The average molecular weight is 316 g/mol. The molecule has 5 heteroatoms. The number of hydrogen-bond acceptors (Lipinski definition) is 4. The molecule has 1 aromatic carbocycles. The van der Waals surface area contributed by atoms with Gasteiger partial charge in [-0.2, -0.15) is 0 Å². The third kappa shape index (κ3) is 1.95. The van der Waals surface area contributed by atoms with Crippen LogP contribution in [0.3, 0.4) is 0 Å². The summed E-state index contributed by atoms with van der Waals surface area (Å²) in [5.74, 6) is 1.88. The number of nitrogens with two attached hydrogens (primary N) is 1. The SMILES string of the molecule is COc1cc(Br)c(C2(N)CCC2)c(OC)c1OC. The van der Waals surface area contributed by atoms with Gasteiger partial charge in [0.2, 0.25) is 5.75 Å². The van der Waals surface area contributed by atoms with Crippen LogP contribution in [-0.2, 0) is 5.54 Å². The molecule has 4 nitrogen and oxygen atoms in total. The van der Waals surface area contributed by atoms with Crippen LogP contribution in [0.15, 0.2) is 10.5 Å². The molecule has 0 atom stereocenters. The van der Waals surface area contributed by atoms with Crippen LogP contribution in [0.1, 0.15) is 24.8 Å². The Morgan fingerprint density at radius 2 is 1.72 bits per heavy atom. The predicted molar refractivity (Wildman–Crippen MR) is 73.5 cm³/mol. The molecule has 0 saturated heterocycles. The summed E-state index contributed by atoms with van der Waals surface area (Å²) in [7, 11) is 4.82. The summed E-state index contributed by atoms with van der Waals surface area (Å²) < 4.78 is 17.1. The Morgan fingerprint density at radius 1 is 1.11 bits per heavy atom. The zero-order valence-electron chi connectivity index (χ0n) is 10.9. The van der Waals surface area contributed by atoms with E-state index in [1.807, 2.05) is 6.07 Å². The highest BCUT2D eigenvalue weighted by Gasteiger charge is 2.40. The van der Waals surface area contributed by atoms with Crippen LogP contribution in [0, 0.1) is 0 Å². The van der Waals surface area contributed by atoms with Crippen LogP contribution in [0.25, 0.3) is 0 Å². The highest BCUT2D eigenvalue weighted by molar-refractivity contribution is 9.10. The van der Waals surface area contributed by atoms with E-state index in [0.29, 0.717) is 17.2 Å². The number of methoxy groups -OCH3 is 3. The summed E-state index contributed by atoms with van der Waals surface area (Å²) >= 11 is 3.56. The third-order valence-electron chi connectivity index (χ3n) is 3.53. The Kier molecular flexibility index (Phi) is 3.73. The van der Waals surface area contributed by atoms with Crippen molar-refractivity contribution < 1.29 is 14.2 Å². The summed E-state index contributed by atoms with van der Waals surface area (Å²) in [6.07, 6.45) is 3.05. The second-order valence-corrected chi connectivity index (χ2v) is 5.37. The Bertz CT molecular complexity index is 458. The van der Waals surface area contributed by atoms with E-state index in [1.54, 1.807) is 21.3 Å². The van der Waals surface area contributed by atoms with E-state index >= 15 is 0 Å². The maximum atomic E-state index is 6.41. The van der Waals surface area contributed by atoms with Crippen molar-refractivity contribution in [1.29, 1.82) is 0 Å². The van der Waals surface area contributed by atoms with Gasteiger partial charge in [0.15, 0.2) is 11.5 Å². The maximum Gasteiger partial charge on any atom is 0.203 e. The molecule has 0 spiro atoms. The van der Waals surface area contributed by atoms with E-state index in [4.69, 9.17) is 19.9 Å². The van der Waals surface area contributed by atoms with Gasteiger partial charge in [-0.3, -0.25) is 0 Å². The molecular weight excluding hydrogens is 298 g/mol. The largest absolute Gasteiger partial charge is 0.493 e. The molecule has 2 N–H and O–H groups in total. The van der Waals surface area contributed by atoms with Gasteiger partial charge in [-0.05, 0) is 25.3 Å². The maximum absolute atomic E-state index is 6.41. The number of ether oxygens (including phenoxy) is 3.